The molecule has 0 heterocycles. The fourth-order valence-electron chi connectivity index (χ4n) is 3.55. The molecule has 1 N–H and O–H groups in total. The van der Waals surface area contributed by atoms with Gasteiger partial charge in [0.05, 0.1) is 26.1 Å². The molecule has 0 atom stereocenters. The number of likely N-dealkylation sites (N-methyl/N-ethyl adjacent to an activating group) is 1. The van der Waals surface area contributed by atoms with Gasteiger partial charge in [-0.3, -0.25) is 9.59 Å². The van der Waals surface area contributed by atoms with Gasteiger partial charge in [-0.15, -0.1) is 0 Å². The van der Waals surface area contributed by atoms with Gasteiger partial charge in [-0.1, -0.05) is 52.3 Å². The Kier molecular flexibility index (Phi) is 10.8. The highest BCUT2D eigenvalue weighted by Gasteiger charge is 2.10. The number of ether oxygens (including phenoxy) is 2. The zero-order valence-corrected chi connectivity index (χ0v) is 22.1. The quantitative estimate of drug-likeness (QED) is 0.264. The van der Waals surface area contributed by atoms with Crippen molar-refractivity contribution < 1.29 is 24.2 Å². The topological polar surface area (TPSA) is 76.1 Å². The molecule has 0 saturated heterocycles. The fraction of sp³-hybridized carbons (Fsp3) is 0.310. The molecule has 0 fully saturated rings. The molecule has 3 aromatic carbocycles. The Morgan fingerprint density at radius 2 is 1.22 bits per heavy atom. The number of hydrogen-bond acceptors (Lipinski definition) is 4. The van der Waals surface area contributed by atoms with Crippen molar-refractivity contribution in [1.29, 1.82) is 0 Å². The number of carbonyl (C=O) groups excluding carboxylic acids is 1. The van der Waals surface area contributed by atoms with Gasteiger partial charge >= 0.3 is 5.97 Å². The molecule has 0 spiro atoms. The largest absolute Gasteiger partial charge is 0.494 e. The predicted molar refractivity (Wildman–Crippen MR) is 144 cm³/mol. The standard InChI is InChI=1S/C29H32BrNO5/c1-31(17-16-22-4-10-25(30)11-5-22)28(32)20-23-6-12-26(13-7-23)35-18-2-3-19-36-27-14-8-24(9-15-27)21-29(33)34/h4-15H,2-3,16-21H2,1H3,(H,33,34). The number of carboxylic acids is 1. The lowest BCUT2D eigenvalue weighted by Gasteiger charge is -2.17. The molecule has 7 heteroatoms. The summed E-state index contributed by atoms with van der Waals surface area (Å²) in [5.74, 6) is 0.763. The lowest BCUT2D eigenvalue weighted by Crippen LogP contribution is -2.30. The summed E-state index contributed by atoms with van der Waals surface area (Å²) in [6.45, 7) is 1.83. The van der Waals surface area contributed by atoms with Crippen molar-refractivity contribution in [1.82, 2.24) is 4.90 Å². The minimum atomic E-state index is -0.845. The number of unbranched alkanes of at least 4 members (excludes halogenated alkanes) is 1. The van der Waals surface area contributed by atoms with E-state index in [0.717, 1.165) is 46.4 Å². The zero-order valence-electron chi connectivity index (χ0n) is 20.5. The smallest absolute Gasteiger partial charge is 0.307 e. The van der Waals surface area contributed by atoms with Crippen LogP contribution in [0.2, 0.25) is 0 Å². The van der Waals surface area contributed by atoms with Gasteiger partial charge in [0.2, 0.25) is 5.91 Å². The molecule has 0 aliphatic heterocycles. The molecule has 0 radical (unpaired) electrons. The molecular weight excluding hydrogens is 522 g/mol. The number of amides is 1. The molecule has 3 rings (SSSR count). The predicted octanol–water partition coefficient (Wildman–Crippen LogP) is 5.56. The maximum absolute atomic E-state index is 12.6. The van der Waals surface area contributed by atoms with Crippen LogP contribution in [0.4, 0.5) is 0 Å². The van der Waals surface area contributed by atoms with Crippen LogP contribution in [0.5, 0.6) is 11.5 Å². The number of carbonyl (C=O) groups is 2. The minimum Gasteiger partial charge on any atom is -0.494 e. The van der Waals surface area contributed by atoms with Crippen molar-refractivity contribution in [3.63, 3.8) is 0 Å². The van der Waals surface area contributed by atoms with E-state index in [0.29, 0.717) is 26.2 Å². The number of hydrogen-bond donors (Lipinski definition) is 1. The molecule has 1 amide bonds. The average molecular weight is 554 g/mol. The molecule has 0 aliphatic carbocycles. The van der Waals surface area contributed by atoms with Crippen molar-refractivity contribution in [3.05, 3.63) is 94.0 Å². The first kappa shape index (κ1) is 27.3. The lowest BCUT2D eigenvalue weighted by molar-refractivity contribution is -0.136. The lowest BCUT2D eigenvalue weighted by atomic mass is 10.1. The van der Waals surface area contributed by atoms with E-state index in [1.165, 1.54) is 5.56 Å². The Bertz CT molecular complexity index is 1100. The Morgan fingerprint density at radius 3 is 1.72 bits per heavy atom. The number of halogens is 1. The third-order valence-corrected chi connectivity index (χ3v) is 6.24. The van der Waals surface area contributed by atoms with Gasteiger partial charge in [-0.25, -0.2) is 0 Å². The molecule has 0 unspecified atom stereocenters. The van der Waals surface area contributed by atoms with E-state index in [4.69, 9.17) is 14.6 Å². The van der Waals surface area contributed by atoms with Gasteiger partial charge in [0, 0.05) is 18.1 Å². The second-order valence-electron chi connectivity index (χ2n) is 8.63. The van der Waals surface area contributed by atoms with Crippen molar-refractivity contribution >= 4 is 27.8 Å². The SMILES string of the molecule is CN(CCc1ccc(Br)cc1)C(=O)Cc1ccc(OCCCCOc2ccc(CC(=O)O)cc2)cc1. The van der Waals surface area contributed by atoms with Gasteiger partial charge in [-0.05, 0) is 72.4 Å². The average Bonchev–Trinajstić information content (AvgIpc) is 2.87. The summed E-state index contributed by atoms with van der Waals surface area (Å²) in [6, 6.07) is 23.0. The summed E-state index contributed by atoms with van der Waals surface area (Å²) < 4.78 is 12.6. The zero-order chi connectivity index (χ0) is 25.8. The number of aliphatic carboxylic acids is 1. The van der Waals surface area contributed by atoms with Gasteiger partial charge in [0.1, 0.15) is 11.5 Å². The van der Waals surface area contributed by atoms with Gasteiger partial charge in [-0.2, -0.15) is 0 Å². The maximum Gasteiger partial charge on any atom is 0.307 e. The number of carboxylic acid groups (broad SMARTS) is 1. The Morgan fingerprint density at radius 1 is 0.750 bits per heavy atom. The second-order valence-corrected chi connectivity index (χ2v) is 9.55. The summed E-state index contributed by atoms with van der Waals surface area (Å²) in [4.78, 5) is 25.1. The highest BCUT2D eigenvalue weighted by molar-refractivity contribution is 9.10. The summed E-state index contributed by atoms with van der Waals surface area (Å²) in [5, 5.41) is 8.81. The molecule has 3 aromatic rings. The highest BCUT2D eigenvalue weighted by atomic mass is 79.9. The van der Waals surface area contributed by atoms with E-state index < -0.39 is 5.97 Å². The number of nitrogens with zero attached hydrogens (tertiary/aromatic N) is 1. The second kappa shape index (κ2) is 14.3. The first-order valence-corrected chi connectivity index (χ1v) is 12.8. The first-order chi connectivity index (χ1) is 17.4. The third kappa shape index (κ3) is 9.74. The van der Waals surface area contributed by atoms with Crippen molar-refractivity contribution in [3.8, 4) is 11.5 Å². The molecule has 6 nitrogen and oxygen atoms in total. The summed E-state index contributed by atoms with van der Waals surface area (Å²) >= 11 is 3.44. The first-order valence-electron chi connectivity index (χ1n) is 12.0. The number of benzene rings is 3. The van der Waals surface area contributed by atoms with E-state index in [1.807, 2.05) is 43.4 Å². The molecular formula is C29H32BrNO5. The monoisotopic (exact) mass is 553 g/mol. The summed E-state index contributed by atoms with van der Waals surface area (Å²) in [7, 11) is 1.84. The third-order valence-electron chi connectivity index (χ3n) is 5.71. The van der Waals surface area contributed by atoms with Crippen molar-refractivity contribution in [2.24, 2.45) is 0 Å². The Labute approximate surface area is 221 Å². The van der Waals surface area contributed by atoms with Gasteiger partial charge < -0.3 is 19.5 Å². The van der Waals surface area contributed by atoms with Crippen LogP contribution >= 0.6 is 15.9 Å². The molecule has 0 bridgehead atoms. The van der Waals surface area contributed by atoms with E-state index >= 15 is 0 Å². The molecule has 0 aliphatic rings. The van der Waals surface area contributed by atoms with Crippen LogP contribution < -0.4 is 9.47 Å². The van der Waals surface area contributed by atoms with Crippen LogP contribution in [0.3, 0.4) is 0 Å². The fourth-order valence-corrected chi connectivity index (χ4v) is 3.81. The van der Waals surface area contributed by atoms with E-state index in [9.17, 15) is 9.59 Å². The van der Waals surface area contributed by atoms with E-state index in [1.54, 1.807) is 29.2 Å². The van der Waals surface area contributed by atoms with Crippen LogP contribution in [0, 0.1) is 0 Å². The van der Waals surface area contributed by atoms with Crippen LogP contribution in [-0.4, -0.2) is 48.7 Å². The van der Waals surface area contributed by atoms with Crippen LogP contribution in [0.1, 0.15) is 29.5 Å². The van der Waals surface area contributed by atoms with Crippen molar-refractivity contribution in [2.75, 3.05) is 26.8 Å². The van der Waals surface area contributed by atoms with E-state index in [-0.39, 0.29) is 12.3 Å². The summed E-state index contributed by atoms with van der Waals surface area (Å²) in [5.41, 5.74) is 2.92. The Hall–Kier alpha value is -3.32. The van der Waals surface area contributed by atoms with Gasteiger partial charge in [0.15, 0.2) is 0 Å². The highest BCUT2D eigenvalue weighted by Crippen LogP contribution is 2.16. The molecule has 36 heavy (non-hydrogen) atoms. The summed E-state index contributed by atoms with van der Waals surface area (Å²) in [6.07, 6.45) is 2.90. The number of rotatable bonds is 14. The molecule has 0 saturated carbocycles. The van der Waals surface area contributed by atoms with Crippen LogP contribution in [0.25, 0.3) is 0 Å². The van der Waals surface area contributed by atoms with Crippen molar-refractivity contribution in [2.45, 2.75) is 32.1 Å². The van der Waals surface area contributed by atoms with Gasteiger partial charge in [0.25, 0.3) is 0 Å². The Balaban J connectivity index is 1.29. The molecule has 190 valence electrons. The normalized spacial score (nSPS) is 10.6. The molecule has 0 aromatic heterocycles. The van der Waals surface area contributed by atoms with Crippen LogP contribution in [-0.2, 0) is 28.9 Å². The van der Waals surface area contributed by atoms with E-state index in [2.05, 4.69) is 28.1 Å². The minimum absolute atomic E-state index is 0.0132. The van der Waals surface area contributed by atoms with Crippen LogP contribution in [0.15, 0.2) is 77.3 Å². The maximum atomic E-state index is 12.6.